The van der Waals surface area contributed by atoms with Crippen molar-refractivity contribution in [1.29, 1.82) is 0 Å². The van der Waals surface area contributed by atoms with E-state index in [-0.39, 0.29) is 17.2 Å². The summed E-state index contributed by atoms with van der Waals surface area (Å²) in [7, 11) is 4.09. The van der Waals surface area contributed by atoms with Crippen molar-refractivity contribution in [3.05, 3.63) is 102 Å². The Morgan fingerprint density at radius 2 is 1.66 bits per heavy atom. The summed E-state index contributed by atoms with van der Waals surface area (Å²) in [5.74, 6) is 0.205. The highest BCUT2D eigenvalue weighted by Crippen LogP contribution is 2.48. The Kier molecular flexibility index (Phi) is 5.22. The minimum absolute atomic E-state index is 0.0675. The number of nitrogens with zero attached hydrogens (tertiary/aromatic N) is 1. The first-order valence-corrected chi connectivity index (χ1v) is 11.3. The summed E-state index contributed by atoms with van der Waals surface area (Å²) in [5.41, 5.74) is 5.45. The smallest absolute Gasteiger partial charge is 0.230 e. The largest absolute Gasteiger partial charge is 0.378 e. The molecule has 1 fully saturated rings. The molecule has 32 heavy (non-hydrogen) atoms. The zero-order valence-corrected chi connectivity index (χ0v) is 18.6. The van der Waals surface area contributed by atoms with E-state index in [2.05, 4.69) is 76.0 Å². The second-order valence-corrected chi connectivity index (χ2v) is 8.99. The summed E-state index contributed by atoms with van der Waals surface area (Å²) in [4.78, 5) is 18.8. The molecule has 4 nitrogen and oxygen atoms in total. The minimum Gasteiger partial charge on any atom is -0.378 e. The van der Waals surface area contributed by atoms with Gasteiger partial charge in [-0.25, -0.2) is 0 Å². The third-order valence-electron chi connectivity index (χ3n) is 6.79. The summed E-state index contributed by atoms with van der Waals surface area (Å²) in [6.45, 7) is 0.566. The fraction of sp³-hybridized carbons (Fsp3) is 0.250. The second kappa shape index (κ2) is 8.19. The number of carbonyl (C=O) groups is 1. The highest BCUT2D eigenvalue weighted by atomic mass is 16.2. The van der Waals surface area contributed by atoms with Gasteiger partial charge in [-0.3, -0.25) is 4.79 Å². The summed E-state index contributed by atoms with van der Waals surface area (Å²) in [5, 5.41) is 4.51. The van der Waals surface area contributed by atoms with Gasteiger partial charge in [0.25, 0.3) is 0 Å². The molecule has 3 aromatic carbocycles. The van der Waals surface area contributed by atoms with Crippen LogP contribution in [-0.2, 0) is 10.2 Å². The van der Waals surface area contributed by atoms with Crippen LogP contribution in [0.4, 0.5) is 5.69 Å². The quantitative estimate of drug-likeness (QED) is 0.428. The number of rotatable bonds is 7. The van der Waals surface area contributed by atoms with Crippen molar-refractivity contribution in [3.8, 4) is 0 Å². The first kappa shape index (κ1) is 20.4. The average Bonchev–Trinajstić information content (AvgIpc) is 3.55. The van der Waals surface area contributed by atoms with Crippen LogP contribution in [0.1, 0.15) is 35.4 Å². The van der Waals surface area contributed by atoms with Crippen LogP contribution in [0.15, 0.2) is 85.1 Å². The van der Waals surface area contributed by atoms with E-state index in [1.165, 1.54) is 16.5 Å². The van der Waals surface area contributed by atoms with Gasteiger partial charge in [0.15, 0.2) is 0 Å². The van der Waals surface area contributed by atoms with E-state index in [0.717, 1.165) is 29.6 Å². The van der Waals surface area contributed by atoms with Crippen molar-refractivity contribution in [1.82, 2.24) is 10.3 Å². The van der Waals surface area contributed by atoms with Crippen LogP contribution in [-0.4, -0.2) is 31.5 Å². The van der Waals surface area contributed by atoms with Gasteiger partial charge in [-0.2, -0.15) is 0 Å². The molecular formula is C28H29N3O. The van der Waals surface area contributed by atoms with Crippen molar-refractivity contribution in [2.24, 2.45) is 0 Å². The first-order valence-electron chi connectivity index (χ1n) is 11.3. The molecule has 1 saturated carbocycles. The van der Waals surface area contributed by atoms with Gasteiger partial charge in [-0.1, -0.05) is 60.7 Å². The lowest BCUT2D eigenvalue weighted by atomic mass is 9.89. The molecule has 0 bridgehead atoms. The van der Waals surface area contributed by atoms with E-state index >= 15 is 0 Å². The minimum atomic E-state index is -0.360. The fourth-order valence-electron chi connectivity index (χ4n) is 4.69. The zero-order valence-electron chi connectivity index (χ0n) is 18.6. The number of carbonyl (C=O) groups excluding carboxylic acids is 1. The summed E-state index contributed by atoms with van der Waals surface area (Å²) in [6.07, 6.45) is 3.92. The van der Waals surface area contributed by atoms with Gasteiger partial charge in [0, 0.05) is 49.3 Å². The predicted molar refractivity (Wildman–Crippen MR) is 131 cm³/mol. The number of H-pyrrole nitrogens is 1. The SMILES string of the molecule is CN(C)c1ccc(C(CNC(=O)C2(c3ccccc3)CC2)c2c[nH]c3ccccc23)cc1. The van der Waals surface area contributed by atoms with E-state index in [1.54, 1.807) is 0 Å². The molecule has 4 heteroatoms. The maximum absolute atomic E-state index is 13.3. The van der Waals surface area contributed by atoms with E-state index in [0.29, 0.717) is 6.54 Å². The molecule has 1 unspecified atom stereocenters. The fourth-order valence-corrected chi connectivity index (χ4v) is 4.69. The molecule has 1 atom stereocenters. The molecular weight excluding hydrogens is 394 g/mol. The van der Waals surface area contributed by atoms with Crippen LogP contribution < -0.4 is 10.2 Å². The number of hydrogen-bond donors (Lipinski definition) is 2. The molecule has 1 aliphatic rings. The first-order chi connectivity index (χ1) is 15.6. The lowest BCUT2D eigenvalue weighted by Crippen LogP contribution is -2.37. The molecule has 1 amide bonds. The average molecular weight is 424 g/mol. The maximum atomic E-state index is 13.3. The molecule has 5 rings (SSSR count). The third-order valence-corrected chi connectivity index (χ3v) is 6.79. The molecule has 0 spiro atoms. The second-order valence-electron chi connectivity index (χ2n) is 8.99. The van der Waals surface area contributed by atoms with Crippen molar-refractivity contribution < 1.29 is 4.79 Å². The monoisotopic (exact) mass is 423 g/mol. The Labute approximate surface area is 189 Å². The Bertz CT molecular complexity index is 1220. The number of nitrogens with one attached hydrogen (secondary N) is 2. The number of anilines is 1. The van der Waals surface area contributed by atoms with Crippen LogP contribution in [0.3, 0.4) is 0 Å². The van der Waals surface area contributed by atoms with Crippen LogP contribution in [0.25, 0.3) is 10.9 Å². The molecule has 162 valence electrons. The number of aromatic nitrogens is 1. The molecule has 0 saturated heterocycles. The lowest BCUT2D eigenvalue weighted by Gasteiger charge is -2.22. The Morgan fingerprint density at radius 3 is 2.34 bits per heavy atom. The molecule has 2 N–H and O–H groups in total. The molecule has 0 radical (unpaired) electrons. The number of benzene rings is 3. The summed E-state index contributed by atoms with van der Waals surface area (Å²) in [6, 6.07) is 27.2. The van der Waals surface area contributed by atoms with E-state index in [9.17, 15) is 4.79 Å². The van der Waals surface area contributed by atoms with E-state index < -0.39 is 0 Å². The van der Waals surface area contributed by atoms with Gasteiger partial charge in [-0.05, 0) is 47.7 Å². The lowest BCUT2D eigenvalue weighted by molar-refractivity contribution is -0.123. The molecule has 1 aliphatic carbocycles. The third kappa shape index (κ3) is 3.66. The van der Waals surface area contributed by atoms with Gasteiger partial charge in [0.2, 0.25) is 5.91 Å². The number of hydrogen-bond acceptors (Lipinski definition) is 2. The normalized spacial score (nSPS) is 15.3. The number of para-hydroxylation sites is 1. The highest BCUT2D eigenvalue weighted by Gasteiger charge is 2.51. The van der Waals surface area contributed by atoms with Crippen molar-refractivity contribution in [3.63, 3.8) is 0 Å². The molecule has 1 aromatic heterocycles. The molecule has 1 heterocycles. The number of aromatic amines is 1. The van der Waals surface area contributed by atoms with Crippen molar-refractivity contribution in [2.45, 2.75) is 24.2 Å². The maximum Gasteiger partial charge on any atom is 0.230 e. The van der Waals surface area contributed by atoms with Gasteiger partial charge in [0.1, 0.15) is 0 Å². The molecule has 0 aliphatic heterocycles. The van der Waals surface area contributed by atoms with Crippen LogP contribution in [0.2, 0.25) is 0 Å². The zero-order chi connectivity index (χ0) is 22.1. The Balaban J connectivity index is 1.44. The van der Waals surface area contributed by atoms with Crippen LogP contribution in [0.5, 0.6) is 0 Å². The summed E-state index contributed by atoms with van der Waals surface area (Å²) >= 11 is 0. The van der Waals surface area contributed by atoms with E-state index in [4.69, 9.17) is 0 Å². The number of fused-ring (bicyclic) bond motifs is 1. The summed E-state index contributed by atoms with van der Waals surface area (Å²) < 4.78 is 0. The van der Waals surface area contributed by atoms with Crippen LogP contribution in [0, 0.1) is 0 Å². The number of amides is 1. The van der Waals surface area contributed by atoms with Gasteiger partial charge >= 0.3 is 0 Å². The van der Waals surface area contributed by atoms with Gasteiger partial charge in [0.05, 0.1) is 5.41 Å². The predicted octanol–water partition coefficient (Wildman–Crippen LogP) is 5.21. The van der Waals surface area contributed by atoms with Gasteiger partial charge in [-0.15, -0.1) is 0 Å². The standard InChI is InChI=1S/C28H29N3O/c1-31(2)22-14-12-20(13-15-22)24(25-19-29-26-11-7-6-10-23(25)26)18-30-27(32)28(16-17-28)21-8-4-3-5-9-21/h3-15,19,24,29H,16-18H2,1-2H3,(H,30,32). The topological polar surface area (TPSA) is 48.1 Å². The highest BCUT2D eigenvalue weighted by molar-refractivity contribution is 5.91. The Hall–Kier alpha value is -3.53. The van der Waals surface area contributed by atoms with Crippen molar-refractivity contribution in [2.75, 3.05) is 25.5 Å². The van der Waals surface area contributed by atoms with Gasteiger partial charge < -0.3 is 15.2 Å². The van der Waals surface area contributed by atoms with E-state index in [1.807, 2.05) is 38.4 Å². The molecule has 4 aromatic rings. The Morgan fingerprint density at radius 1 is 0.969 bits per heavy atom. The van der Waals surface area contributed by atoms with Crippen LogP contribution >= 0.6 is 0 Å². The van der Waals surface area contributed by atoms with Crippen molar-refractivity contribution >= 4 is 22.5 Å².